The first-order valence-corrected chi connectivity index (χ1v) is 12.0. The van der Waals surface area contributed by atoms with Crippen molar-refractivity contribution in [3.63, 3.8) is 0 Å². The van der Waals surface area contributed by atoms with Gasteiger partial charge >= 0.3 is 12.1 Å². The molecular weight excluding hydrogens is 474 g/mol. The molecule has 3 amide bonds. The van der Waals surface area contributed by atoms with Gasteiger partial charge in [0.15, 0.2) is 0 Å². The number of carboxylic acid groups (broad SMARTS) is 1. The molecule has 0 atom stereocenters. The molecule has 1 saturated heterocycles. The molecule has 2 aliphatic rings. The third-order valence-corrected chi connectivity index (χ3v) is 6.47. The number of urea groups is 1. The third kappa shape index (κ3) is 5.43. The van der Waals surface area contributed by atoms with Crippen LogP contribution in [0.4, 0.5) is 21.2 Å². The molecule has 0 spiro atoms. The molecule has 1 saturated carbocycles. The highest BCUT2D eigenvalue weighted by molar-refractivity contribution is 5.93. The minimum atomic E-state index is -1.26. The first kappa shape index (κ1) is 24.0. The Morgan fingerprint density at radius 1 is 1.11 bits per heavy atom. The van der Waals surface area contributed by atoms with Gasteiger partial charge in [0.05, 0.1) is 23.5 Å². The number of nitriles is 1. The number of primary amides is 1. The first-order chi connectivity index (χ1) is 17.9. The smallest absolute Gasteiger partial charge is 0.418 e. The van der Waals surface area contributed by atoms with Gasteiger partial charge in [-0.3, -0.25) is 4.98 Å². The van der Waals surface area contributed by atoms with Gasteiger partial charge in [-0.2, -0.15) is 5.26 Å². The molecule has 3 N–H and O–H groups in total. The molecule has 1 aliphatic heterocycles. The summed E-state index contributed by atoms with van der Waals surface area (Å²) in [7, 11) is 0. The SMILES string of the molecule is N#Cc1ccnc(N(C(=O)O)c2cc(C3CC3)cc(-c3cncc(OC4CCN(C(N)=O)CC4)c3)n2)c1. The van der Waals surface area contributed by atoms with Crippen molar-refractivity contribution in [2.24, 2.45) is 5.73 Å². The highest BCUT2D eigenvalue weighted by Crippen LogP contribution is 2.42. The predicted molar refractivity (Wildman–Crippen MR) is 133 cm³/mol. The Morgan fingerprint density at radius 3 is 2.57 bits per heavy atom. The fourth-order valence-corrected chi connectivity index (χ4v) is 4.38. The van der Waals surface area contributed by atoms with Gasteiger partial charge < -0.3 is 20.5 Å². The van der Waals surface area contributed by atoms with Gasteiger partial charge in [0.25, 0.3) is 0 Å². The summed E-state index contributed by atoms with van der Waals surface area (Å²) < 4.78 is 6.13. The monoisotopic (exact) mass is 499 g/mol. The standard InChI is InChI=1S/C26H25N7O4/c27-13-16-3-6-30-23(9-16)33(26(35)36)24-12-18(17-1-2-17)11-22(31-24)19-10-21(15-29-14-19)37-20-4-7-32(8-5-20)25(28)34/h3,6,9-12,14-15,17,20H,1-2,4-5,7-8H2,(H2,28,34)(H,35,36). The lowest BCUT2D eigenvalue weighted by Crippen LogP contribution is -2.44. The molecule has 5 rings (SSSR count). The summed E-state index contributed by atoms with van der Waals surface area (Å²) >= 11 is 0. The summed E-state index contributed by atoms with van der Waals surface area (Å²) in [5.74, 6) is 1.18. The zero-order chi connectivity index (χ0) is 25.9. The number of nitrogens with two attached hydrogens (primary N) is 1. The van der Waals surface area contributed by atoms with E-state index in [0.717, 1.165) is 23.3 Å². The number of anilines is 2. The van der Waals surface area contributed by atoms with E-state index in [1.807, 2.05) is 18.2 Å². The average Bonchev–Trinajstić information content (AvgIpc) is 3.75. The van der Waals surface area contributed by atoms with Gasteiger partial charge in [0.1, 0.15) is 23.5 Å². The molecule has 4 heterocycles. The van der Waals surface area contributed by atoms with Crippen LogP contribution in [-0.4, -0.2) is 56.3 Å². The molecule has 2 fully saturated rings. The van der Waals surface area contributed by atoms with Gasteiger partial charge in [-0.05, 0) is 54.7 Å². The summed E-state index contributed by atoms with van der Waals surface area (Å²) in [5, 5.41) is 19.3. The maximum Gasteiger partial charge on any atom is 0.418 e. The molecule has 0 radical (unpaired) electrons. The first-order valence-electron chi connectivity index (χ1n) is 12.0. The summed E-state index contributed by atoms with van der Waals surface area (Å²) in [5.41, 5.74) is 7.88. The average molecular weight is 500 g/mol. The minimum Gasteiger partial charge on any atom is -0.489 e. The fraction of sp³-hybridized carbons (Fsp3) is 0.308. The predicted octanol–water partition coefficient (Wildman–Crippen LogP) is 4.03. The van der Waals surface area contributed by atoms with E-state index in [1.165, 1.54) is 18.3 Å². The summed E-state index contributed by atoms with van der Waals surface area (Å²) in [6.07, 6.45) is 6.70. The maximum absolute atomic E-state index is 12.3. The van der Waals surface area contributed by atoms with Gasteiger partial charge in [0.2, 0.25) is 0 Å². The molecule has 188 valence electrons. The molecule has 3 aromatic heterocycles. The Morgan fingerprint density at radius 2 is 1.89 bits per heavy atom. The highest BCUT2D eigenvalue weighted by atomic mass is 16.5. The lowest BCUT2D eigenvalue weighted by atomic mass is 10.1. The molecule has 1 aliphatic carbocycles. The number of rotatable bonds is 6. The van der Waals surface area contributed by atoms with E-state index < -0.39 is 12.1 Å². The van der Waals surface area contributed by atoms with E-state index in [4.69, 9.17) is 10.5 Å². The molecule has 0 aromatic carbocycles. The number of aromatic nitrogens is 3. The number of ether oxygens (including phenoxy) is 1. The van der Waals surface area contributed by atoms with Crippen LogP contribution in [0.15, 0.2) is 48.9 Å². The van der Waals surface area contributed by atoms with Crippen molar-refractivity contribution in [2.75, 3.05) is 18.0 Å². The van der Waals surface area contributed by atoms with Crippen LogP contribution in [0.2, 0.25) is 0 Å². The largest absolute Gasteiger partial charge is 0.489 e. The van der Waals surface area contributed by atoms with Crippen LogP contribution in [0.5, 0.6) is 5.75 Å². The van der Waals surface area contributed by atoms with Crippen LogP contribution < -0.4 is 15.4 Å². The second-order valence-corrected chi connectivity index (χ2v) is 9.10. The zero-order valence-corrected chi connectivity index (χ0v) is 19.9. The topological polar surface area (TPSA) is 159 Å². The lowest BCUT2D eigenvalue weighted by molar-refractivity contribution is 0.114. The molecule has 37 heavy (non-hydrogen) atoms. The van der Waals surface area contributed by atoms with E-state index in [1.54, 1.807) is 23.4 Å². The maximum atomic E-state index is 12.3. The van der Waals surface area contributed by atoms with Crippen LogP contribution in [0.1, 0.15) is 42.7 Å². The van der Waals surface area contributed by atoms with Crippen molar-refractivity contribution in [1.82, 2.24) is 19.9 Å². The Labute approximate surface area is 213 Å². The highest BCUT2D eigenvalue weighted by Gasteiger charge is 2.28. The molecule has 0 bridgehead atoms. The summed E-state index contributed by atoms with van der Waals surface area (Å²) in [4.78, 5) is 39.4. The molecule has 11 nitrogen and oxygen atoms in total. The number of pyridine rings is 3. The van der Waals surface area contributed by atoms with Crippen molar-refractivity contribution in [1.29, 1.82) is 5.26 Å². The van der Waals surface area contributed by atoms with E-state index in [0.29, 0.717) is 54.4 Å². The molecule has 0 unspecified atom stereocenters. The van der Waals surface area contributed by atoms with Gasteiger partial charge in [-0.1, -0.05) is 0 Å². The van der Waals surface area contributed by atoms with Gasteiger partial charge in [0, 0.05) is 43.9 Å². The van der Waals surface area contributed by atoms with Gasteiger partial charge in [-0.25, -0.2) is 24.5 Å². The van der Waals surface area contributed by atoms with Crippen molar-refractivity contribution < 1.29 is 19.4 Å². The quantitative estimate of drug-likeness (QED) is 0.514. The van der Waals surface area contributed by atoms with E-state index in [2.05, 4.69) is 15.0 Å². The number of carbonyl (C=O) groups is 2. The molecular formula is C26H25N7O4. The number of nitrogens with zero attached hydrogens (tertiary/aromatic N) is 6. The van der Waals surface area contributed by atoms with Crippen molar-refractivity contribution >= 4 is 23.8 Å². The molecule has 3 aromatic rings. The normalized spacial score (nSPS) is 15.6. The van der Waals surface area contributed by atoms with Crippen LogP contribution in [-0.2, 0) is 0 Å². The van der Waals surface area contributed by atoms with E-state index in [9.17, 15) is 20.0 Å². The zero-order valence-electron chi connectivity index (χ0n) is 19.9. The number of piperidine rings is 1. The number of hydrogen-bond donors (Lipinski definition) is 2. The number of likely N-dealkylation sites (tertiary alicyclic amines) is 1. The van der Waals surface area contributed by atoms with Crippen molar-refractivity contribution in [2.45, 2.75) is 37.7 Å². The summed E-state index contributed by atoms with van der Waals surface area (Å²) in [6, 6.07) is 10.1. The summed E-state index contributed by atoms with van der Waals surface area (Å²) in [6.45, 7) is 1.07. The van der Waals surface area contributed by atoms with Gasteiger partial charge in [-0.15, -0.1) is 0 Å². The van der Waals surface area contributed by atoms with Crippen LogP contribution in [0.3, 0.4) is 0 Å². The van der Waals surface area contributed by atoms with E-state index >= 15 is 0 Å². The minimum absolute atomic E-state index is 0.0741. The van der Waals surface area contributed by atoms with Crippen LogP contribution in [0.25, 0.3) is 11.3 Å². The van der Waals surface area contributed by atoms with E-state index in [-0.39, 0.29) is 17.7 Å². The number of hydrogen-bond acceptors (Lipinski definition) is 7. The second-order valence-electron chi connectivity index (χ2n) is 9.10. The number of carbonyl (C=O) groups excluding carboxylic acids is 1. The van der Waals surface area contributed by atoms with Crippen molar-refractivity contribution in [3.8, 4) is 23.1 Å². The second kappa shape index (κ2) is 10.1. The third-order valence-electron chi connectivity index (χ3n) is 6.47. The Balaban J connectivity index is 1.45. The Hall–Kier alpha value is -4.72. The fourth-order valence-electron chi connectivity index (χ4n) is 4.38. The number of amides is 3. The van der Waals surface area contributed by atoms with Crippen molar-refractivity contribution in [3.05, 3.63) is 60.0 Å². The lowest BCUT2D eigenvalue weighted by Gasteiger charge is -2.30. The molecule has 11 heteroatoms. The Kier molecular flexibility index (Phi) is 6.55. The Bertz CT molecular complexity index is 1380. The van der Waals surface area contributed by atoms with Crippen LogP contribution in [0, 0.1) is 11.3 Å². The van der Waals surface area contributed by atoms with Crippen LogP contribution >= 0.6 is 0 Å².